The first kappa shape index (κ1) is 25.8. The lowest BCUT2D eigenvalue weighted by Crippen LogP contribution is -2.47. The van der Waals surface area contributed by atoms with Crippen LogP contribution in [0.2, 0.25) is 0 Å². The molecule has 0 aliphatic heterocycles. The van der Waals surface area contributed by atoms with Crippen LogP contribution in [0.1, 0.15) is 108 Å². The van der Waals surface area contributed by atoms with E-state index in [1.54, 1.807) is 6.07 Å². The monoisotopic (exact) mass is 476 g/mol. The van der Waals surface area contributed by atoms with Crippen LogP contribution in [-0.4, -0.2) is 11.1 Å². The Morgan fingerprint density at radius 3 is 1.91 bits per heavy atom. The van der Waals surface area contributed by atoms with E-state index < -0.39 is 0 Å². The van der Waals surface area contributed by atoms with Crippen LogP contribution in [0, 0.1) is 23.2 Å². The molecule has 3 heteroatoms. The highest BCUT2D eigenvalue weighted by molar-refractivity contribution is 5.73. The summed E-state index contributed by atoms with van der Waals surface area (Å²) in [6, 6.07) is 15.6. The molecule has 4 saturated carbocycles. The maximum Gasteiger partial charge on any atom is 0.311 e. The number of carbonyl (C=O) groups excluding carboxylic acids is 1. The Bertz CT molecular complexity index is 959. The normalized spacial score (nSPS) is 28.1. The largest absolute Gasteiger partial charge is 0.508 e. The Balaban J connectivity index is 0.000000221. The van der Waals surface area contributed by atoms with Crippen LogP contribution in [0.4, 0.5) is 0 Å². The summed E-state index contributed by atoms with van der Waals surface area (Å²) >= 11 is 0. The van der Waals surface area contributed by atoms with Gasteiger partial charge >= 0.3 is 5.97 Å². The number of aromatic hydroxyl groups is 1. The molecular formula is C32H44O3. The van der Waals surface area contributed by atoms with Gasteiger partial charge in [-0.3, -0.25) is 4.79 Å². The molecular weight excluding hydrogens is 432 g/mol. The molecule has 2 aromatic rings. The van der Waals surface area contributed by atoms with Crippen LogP contribution in [0.15, 0.2) is 48.5 Å². The van der Waals surface area contributed by atoms with Gasteiger partial charge in [-0.1, -0.05) is 52.0 Å². The number of hydrogen-bond donors (Lipinski definition) is 1. The molecule has 35 heavy (non-hydrogen) atoms. The minimum absolute atomic E-state index is 0.0155. The van der Waals surface area contributed by atoms with Crippen molar-refractivity contribution < 1.29 is 14.6 Å². The Hall–Kier alpha value is -2.29. The molecule has 4 aliphatic rings. The molecule has 2 aromatic carbocycles. The summed E-state index contributed by atoms with van der Waals surface area (Å²) in [5, 5.41) is 9.16. The maximum absolute atomic E-state index is 12.6. The quantitative estimate of drug-likeness (QED) is 0.321. The summed E-state index contributed by atoms with van der Waals surface area (Å²) < 4.78 is 5.75. The van der Waals surface area contributed by atoms with Gasteiger partial charge in [-0.05, 0) is 122 Å². The van der Waals surface area contributed by atoms with Crippen molar-refractivity contribution in [2.75, 3.05) is 0 Å². The Kier molecular flexibility index (Phi) is 8.24. The van der Waals surface area contributed by atoms with Crippen molar-refractivity contribution in [3.05, 3.63) is 59.7 Å². The second kappa shape index (κ2) is 11.2. The lowest BCUT2D eigenvalue weighted by atomic mass is 9.49. The zero-order valence-corrected chi connectivity index (χ0v) is 22.1. The lowest BCUT2D eigenvalue weighted by molar-refractivity contribution is -0.142. The lowest BCUT2D eigenvalue weighted by Gasteiger charge is -2.56. The van der Waals surface area contributed by atoms with Gasteiger partial charge in [0.1, 0.15) is 11.5 Å². The van der Waals surface area contributed by atoms with Gasteiger partial charge in [-0.2, -0.15) is 0 Å². The molecule has 0 heterocycles. The maximum atomic E-state index is 12.6. The second-order valence-electron chi connectivity index (χ2n) is 11.9. The minimum Gasteiger partial charge on any atom is -0.508 e. The SMILES string of the molecule is CCC(C)c1cccc(O)c1.CCC(C)c1cccc(OC(=O)CC23CC4CC(CC(C4)C2)C3)c1. The third kappa shape index (κ3) is 6.48. The first-order valence-corrected chi connectivity index (χ1v) is 13.9. The van der Waals surface area contributed by atoms with E-state index in [1.807, 2.05) is 36.4 Å². The van der Waals surface area contributed by atoms with E-state index in [2.05, 4.69) is 33.8 Å². The number of ether oxygens (including phenoxy) is 1. The number of phenols is 1. The predicted molar refractivity (Wildman–Crippen MR) is 143 cm³/mol. The number of rotatable bonds is 7. The smallest absolute Gasteiger partial charge is 0.311 e. The average Bonchev–Trinajstić information content (AvgIpc) is 2.82. The molecule has 0 amide bonds. The van der Waals surface area contributed by atoms with Crippen molar-refractivity contribution in [1.29, 1.82) is 0 Å². The van der Waals surface area contributed by atoms with Crippen LogP contribution in [-0.2, 0) is 4.79 Å². The molecule has 0 radical (unpaired) electrons. The first-order chi connectivity index (χ1) is 16.8. The van der Waals surface area contributed by atoms with E-state index in [9.17, 15) is 4.79 Å². The molecule has 4 bridgehead atoms. The highest BCUT2D eigenvalue weighted by atomic mass is 16.5. The third-order valence-corrected chi connectivity index (χ3v) is 9.01. The fourth-order valence-electron chi connectivity index (χ4n) is 7.17. The van der Waals surface area contributed by atoms with Crippen LogP contribution in [0.5, 0.6) is 11.5 Å². The molecule has 2 unspecified atom stereocenters. The summed E-state index contributed by atoms with van der Waals surface area (Å²) in [4.78, 5) is 12.6. The molecule has 2 atom stereocenters. The van der Waals surface area contributed by atoms with Crippen molar-refractivity contribution >= 4 is 5.97 Å². The van der Waals surface area contributed by atoms with Gasteiger partial charge in [-0.15, -0.1) is 0 Å². The van der Waals surface area contributed by atoms with E-state index in [4.69, 9.17) is 9.84 Å². The zero-order chi connectivity index (χ0) is 25.0. The summed E-state index contributed by atoms with van der Waals surface area (Å²) in [7, 11) is 0. The third-order valence-electron chi connectivity index (χ3n) is 9.01. The zero-order valence-electron chi connectivity index (χ0n) is 22.1. The highest BCUT2D eigenvalue weighted by Gasteiger charge is 2.51. The molecule has 3 nitrogen and oxygen atoms in total. The van der Waals surface area contributed by atoms with Crippen molar-refractivity contribution in [2.45, 2.75) is 97.3 Å². The van der Waals surface area contributed by atoms with Gasteiger partial charge < -0.3 is 9.84 Å². The molecule has 4 fully saturated rings. The molecule has 0 spiro atoms. The first-order valence-electron chi connectivity index (χ1n) is 13.9. The summed E-state index contributed by atoms with van der Waals surface area (Å²) in [5.74, 6) is 4.78. The van der Waals surface area contributed by atoms with Gasteiger partial charge in [0, 0.05) is 0 Å². The van der Waals surface area contributed by atoms with Crippen molar-refractivity contribution in [1.82, 2.24) is 0 Å². The fourth-order valence-corrected chi connectivity index (χ4v) is 7.17. The Labute approximate surface area is 212 Å². The minimum atomic E-state index is -0.0155. The number of esters is 1. The van der Waals surface area contributed by atoms with Gasteiger partial charge in [0.2, 0.25) is 0 Å². The predicted octanol–water partition coefficient (Wildman–Crippen LogP) is 8.62. The Morgan fingerprint density at radius 1 is 0.886 bits per heavy atom. The van der Waals surface area contributed by atoms with E-state index in [-0.39, 0.29) is 11.4 Å². The standard InChI is InChI=1S/C22H30O2.C10H14O/c1-3-15(2)19-5-4-6-20(10-19)24-21(23)14-22-11-16-7-17(12-22)9-18(8-16)13-22;1-3-8(2)9-5-4-6-10(11)7-9/h4-6,10,15-18H,3,7-9,11-14H2,1-2H3;4-8,11H,3H2,1-2H3. The van der Waals surface area contributed by atoms with Crippen LogP contribution >= 0.6 is 0 Å². The van der Waals surface area contributed by atoms with E-state index >= 15 is 0 Å². The summed E-state index contributed by atoms with van der Waals surface area (Å²) in [6.07, 6.45) is 10.9. The van der Waals surface area contributed by atoms with Gasteiger partial charge in [0.25, 0.3) is 0 Å². The van der Waals surface area contributed by atoms with Gasteiger partial charge in [0.15, 0.2) is 0 Å². The summed E-state index contributed by atoms with van der Waals surface area (Å²) in [6.45, 7) is 8.72. The van der Waals surface area contributed by atoms with Gasteiger partial charge in [-0.25, -0.2) is 0 Å². The number of hydrogen-bond acceptors (Lipinski definition) is 3. The molecule has 1 N–H and O–H groups in total. The van der Waals surface area contributed by atoms with E-state index in [1.165, 1.54) is 49.7 Å². The molecule has 190 valence electrons. The van der Waals surface area contributed by atoms with Crippen LogP contribution < -0.4 is 4.74 Å². The average molecular weight is 477 g/mol. The fraction of sp³-hybridized carbons (Fsp3) is 0.594. The van der Waals surface area contributed by atoms with E-state index in [0.29, 0.717) is 24.0 Å². The molecule has 4 aliphatic carbocycles. The molecule has 0 aromatic heterocycles. The van der Waals surface area contributed by atoms with Gasteiger partial charge in [0.05, 0.1) is 6.42 Å². The highest BCUT2D eigenvalue weighted by Crippen LogP contribution is 2.61. The molecule has 6 rings (SSSR count). The number of benzene rings is 2. The van der Waals surface area contributed by atoms with E-state index in [0.717, 1.165) is 36.3 Å². The second-order valence-corrected chi connectivity index (χ2v) is 11.9. The van der Waals surface area contributed by atoms with Crippen molar-refractivity contribution in [2.24, 2.45) is 23.2 Å². The van der Waals surface area contributed by atoms with Crippen molar-refractivity contribution in [3.63, 3.8) is 0 Å². The number of phenolic OH excluding ortho intramolecular Hbond substituents is 1. The van der Waals surface area contributed by atoms with Crippen LogP contribution in [0.3, 0.4) is 0 Å². The molecule has 0 saturated heterocycles. The Morgan fingerprint density at radius 2 is 1.40 bits per heavy atom. The number of carbonyl (C=O) groups is 1. The summed E-state index contributed by atoms with van der Waals surface area (Å²) in [5.41, 5.74) is 2.74. The van der Waals surface area contributed by atoms with Crippen LogP contribution in [0.25, 0.3) is 0 Å². The van der Waals surface area contributed by atoms with Crippen molar-refractivity contribution in [3.8, 4) is 11.5 Å². The topological polar surface area (TPSA) is 46.5 Å².